The van der Waals surface area contributed by atoms with Gasteiger partial charge in [-0.05, 0) is 168 Å². The minimum atomic E-state index is 1.25. The van der Waals surface area contributed by atoms with Crippen molar-refractivity contribution in [2.24, 2.45) is 0 Å². The molecule has 12 aromatic carbocycles. The van der Waals surface area contributed by atoms with Gasteiger partial charge in [-0.15, -0.1) is 0 Å². The van der Waals surface area contributed by atoms with Crippen LogP contribution in [0.5, 0.6) is 0 Å². The lowest BCUT2D eigenvalue weighted by Gasteiger charge is -2.15. The van der Waals surface area contributed by atoms with E-state index in [1.54, 1.807) is 0 Å². The molecule has 0 nitrogen and oxygen atoms in total. The summed E-state index contributed by atoms with van der Waals surface area (Å²) in [7, 11) is 0. The fourth-order valence-corrected chi connectivity index (χ4v) is 9.68. The van der Waals surface area contributed by atoms with E-state index in [0.717, 1.165) is 0 Å². The molecule has 322 valence electrons. The van der Waals surface area contributed by atoms with E-state index >= 15 is 0 Å². The maximum Gasteiger partial charge on any atom is -0.00987 e. The molecule has 0 heteroatoms. The molecule has 0 N–H and O–H groups in total. The highest BCUT2D eigenvalue weighted by atomic mass is 14.2. The highest BCUT2D eigenvalue weighted by Gasteiger charge is 2.13. The van der Waals surface area contributed by atoms with Crippen LogP contribution in [0.3, 0.4) is 0 Å². The predicted molar refractivity (Wildman–Crippen MR) is 292 cm³/mol. The van der Waals surface area contributed by atoms with Crippen LogP contribution in [0.25, 0.3) is 98.4 Å². The first-order chi connectivity index (χ1) is 32.8. The average Bonchev–Trinajstić information content (AvgIpc) is 3.37. The molecule has 0 aliphatic rings. The maximum absolute atomic E-state index is 2.30. The van der Waals surface area contributed by atoms with Crippen LogP contribution in [-0.2, 0) is 0 Å². The standard InChI is InChI=1S/2C28H22.C11H10/c1-19-9-3-4-10-21(19)26-17-18-28(25-14-8-7-13-24(25)26)27-16-15-20(2)22-11-5-6-12-23(22)27;1-19-6-8-25-17-27(12-10-23(25)14-19)21-4-3-5-22(16-21)28-13-11-24-15-20(2)7-9-26(24)18-28;1-9-5-4-7-10-6-2-3-8-11(9)10/h2*3-18H,1-2H3;2-8H,1H3. The lowest BCUT2D eigenvalue weighted by molar-refractivity contribution is 1.47. The summed E-state index contributed by atoms with van der Waals surface area (Å²) in [6, 6.07) is 85.6. The molecule has 0 spiro atoms. The fourth-order valence-electron chi connectivity index (χ4n) is 9.68. The van der Waals surface area contributed by atoms with E-state index in [2.05, 4.69) is 271 Å². The van der Waals surface area contributed by atoms with Crippen molar-refractivity contribution in [3.05, 3.63) is 264 Å². The zero-order valence-corrected chi connectivity index (χ0v) is 39.0. The Morgan fingerprint density at radius 3 is 1.16 bits per heavy atom. The molecule has 0 amide bonds. The van der Waals surface area contributed by atoms with E-state index in [4.69, 9.17) is 0 Å². The van der Waals surface area contributed by atoms with Crippen LogP contribution in [0.15, 0.2) is 237 Å². The molecule has 0 radical (unpaired) electrons. The fraction of sp³-hybridized carbons (Fsp3) is 0.0746. The number of fused-ring (bicyclic) bond motifs is 5. The Labute approximate surface area is 395 Å². The number of hydrogen-bond donors (Lipinski definition) is 0. The van der Waals surface area contributed by atoms with Gasteiger partial charge in [0.1, 0.15) is 0 Å². The Morgan fingerprint density at radius 1 is 0.194 bits per heavy atom. The van der Waals surface area contributed by atoms with Gasteiger partial charge in [0.15, 0.2) is 0 Å². The first-order valence-corrected chi connectivity index (χ1v) is 23.4. The molecule has 0 bridgehead atoms. The highest BCUT2D eigenvalue weighted by molar-refractivity contribution is 6.10. The number of benzene rings is 12. The summed E-state index contributed by atoms with van der Waals surface area (Å²) < 4.78 is 0. The van der Waals surface area contributed by atoms with Gasteiger partial charge in [-0.2, -0.15) is 0 Å². The molecule has 0 fully saturated rings. The highest BCUT2D eigenvalue weighted by Crippen LogP contribution is 2.40. The second kappa shape index (κ2) is 18.8. The predicted octanol–water partition coefficient (Wildman–Crippen LogP) is 19.0. The van der Waals surface area contributed by atoms with E-state index in [-0.39, 0.29) is 0 Å². The first kappa shape index (κ1) is 42.9. The minimum Gasteiger partial charge on any atom is -0.0620 e. The average molecular weight is 859 g/mol. The maximum atomic E-state index is 2.30. The molecule has 0 saturated carbocycles. The molecule has 12 aromatic rings. The molecule has 0 aromatic heterocycles. The van der Waals surface area contributed by atoms with E-state index in [9.17, 15) is 0 Å². The molecule has 0 saturated heterocycles. The van der Waals surface area contributed by atoms with Gasteiger partial charge in [0.05, 0.1) is 0 Å². The smallest absolute Gasteiger partial charge is 0.00987 e. The zero-order chi connectivity index (χ0) is 45.9. The van der Waals surface area contributed by atoms with Crippen LogP contribution in [0.2, 0.25) is 0 Å². The van der Waals surface area contributed by atoms with Crippen molar-refractivity contribution in [1.29, 1.82) is 0 Å². The molecule has 0 heterocycles. The van der Waals surface area contributed by atoms with Gasteiger partial charge in [-0.25, -0.2) is 0 Å². The van der Waals surface area contributed by atoms with Gasteiger partial charge < -0.3 is 0 Å². The largest absolute Gasteiger partial charge is 0.0620 e. The Kier molecular flexibility index (Phi) is 12.0. The van der Waals surface area contributed by atoms with Gasteiger partial charge in [-0.3, -0.25) is 0 Å². The third-order valence-electron chi connectivity index (χ3n) is 13.3. The normalized spacial score (nSPS) is 11.1. The third kappa shape index (κ3) is 9.00. The van der Waals surface area contributed by atoms with Crippen LogP contribution < -0.4 is 0 Å². The summed E-state index contributed by atoms with van der Waals surface area (Å²) in [6.45, 7) is 10.8. The van der Waals surface area contributed by atoms with Crippen molar-refractivity contribution in [1.82, 2.24) is 0 Å². The lowest BCUT2D eigenvalue weighted by atomic mass is 9.88. The van der Waals surface area contributed by atoms with Crippen LogP contribution >= 0.6 is 0 Å². The van der Waals surface area contributed by atoms with Crippen molar-refractivity contribution >= 4 is 53.9 Å². The van der Waals surface area contributed by atoms with Crippen molar-refractivity contribution in [3.63, 3.8) is 0 Å². The van der Waals surface area contributed by atoms with Crippen LogP contribution in [0.4, 0.5) is 0 Å². The van der Waals surface area contributed by atoms with Gasteiger partial charge in [0.2, 0.25) is 0 Å². The molecule has 0 aliphatic carbocycles. The Hall–Kier alpha value is -8.06. The molecule has 0 atom stereocenters. The third-order valence-corrected chi connectivity index (χ3v) is 13.3. The van der Waals surface area contributed by atoms with Crippen LogP contribution in [0, 0.1) is 34.6 Å². The van der Waals surface area contributed by atoms with E-state index in [1.165, 1.54) is 126 Å². The van der Waals surface area contributed by atoms with E-state index in [1.807, 2.05) is 0 Å². The topological polar surface area (TPSA) is 0 Å². The molecule has 0 unspecified atom stereocenters. The monoisotopic (exact) mass is 858 g/mol. The van der Waals surface area contributed by atoms with Crippen LogP contribution in [0.1, 0.15) is 27.8 Å². The second-order valence-electron chi connectivity index (χ2n) is 18.0. The minimum absolute atomic E-state index is 1.25. The number of rotatable bonds is 4. The van der Waals surface area contributed by atoms with Crippen LogP contribution in [-0.4, -0.2) is 0 Å². The summed E-state index contributed by atoms with van der Waals surface area (Å²) >= 11 is 0. The summed E-state index contributed by atoms with van der Waals surface area (Å²) in [5.41, 5.74) is 16.8. The molecule has 67 heavy (non-hydrogen) atoms. The summed E-state index contributed by atoms with van der Waals surface area (Å²) in [6.07, 6.45) is 0. The van der Waals surface area contributed by atoms with Crippen molar-refractivity contribution in [3.8, 4) is 44.5 Å². The van der Waals surface area contributed by atoms with E-state index < -0.39 is 0 Å². The zero-order valence-electron chi connectivity index (χ0n) is 39.0. The van der Waals surface area contributed by atoms with Gasteiger partial charge in [-0.1, -0.05) is 230 Å². The Morgan fingerprint density at radius 2 is 0.582 bits per heavy atom. The van der Waals surface area contributed by atoms with Gasteiger partial charge >= 0.3 is 0 Å². The van der Waals surface area contributed by atoms with Crippen molar-refractivity contribution in [2.45, 2.75) is 34.6 Å². The molecule has 0 aliphatic heterocycles. The summed E-state index contributed by atoms with van der Waals surface area (Å²) in [5.74, 6) is 0. The van der Waals surface area contributed by atoms with Gasteiger partial charge in [0, 0.05) is 0 Å². The summed E-state index contributed by atoms with van der Waals surface area (Å²) in [5, 5.41) is 13.1. The number of aryl methyl sites for hydroxylation is 5. The van der Waals surface area contributed by atoms with Crippen molar-refractivity contribution in [2.75, 3.05) is 0 Å². The lowest BCUT2D eigenvalue weighted by Crippen LogP contribution is -1.89. The van der Waals surface area contributed by atoms with Crippen molar-refractivity contribution < 1.29 is 0 Å². The Bertz CT molecular complexity index is 3650. The van der Waals surface area contributed by atoms with E-state index in [0.29, 0.717) is 0 Å². The SMILES string of the molecule is Cc1ccc2cc(-c3cccc(-c4ccc5cc(C)ccc5c4)c3)ccc2c1.Cc1cccc2ccccc12.Cc1ccccc1-c1ccc(-c2ccc(C)c3ccccc23)c2ccccc12. The molecular weight excluding hydrogens is 805 g/mol. The first-order valence-electron chi connectivity index (χ1n) is 23.4. The summed E-state index contributed by atoms with van der Waals surface area (Å²) in [4.78, 5) is 0. The number of hydrogen-bond acceptors (Lipinski definition) is 0. The van der Waals surface area contributed by atoms with Gasteiger partial charge in [0.25, 0.3) is 0 Å². The quantitative estimate of drug-likeness (QED) is 0.165. The molecular formula is C67H54. The second-order valence-corrected chi connectivity index (χ2v) is 18.0. The molecule has 12 rings (SSSR count). The Balaban J connectivity index is 0.000000128.